The Morgan fingerprint density at radius 2 is 1.57 bits per heavy atom. The van der Waals surface area contributed by atoms with Crippen LogP contribution in [0.5, 0.6) is 17.2 Å². The molecule has 206 valence electrons. The molecule has 9 nitrogen and oxygen atoms in total. The van der Waals surface area contributed by atoms with Gasteiger partial charge in [-0.1, -0.05) is 48.5 Å². The molecule has 0 saturated heterocycles. The fourth-order valence-electron chi connectivity index (χ4n) is 5.25. The van der Waals surface area contributed by atoms with Crippen molar-refractivity contribution in [1.82, 2.24) is 14.8 Å². The average Bonchev–Trinajstić information content (AvgIpc) is 3.57. The number of rotatable bonds is 10. The van der Waals surface area contributed by atoms with Crippen molar-refractivity contribution in [3.63, 3.8) is 0 Å². The maximum atomic E-state index is 12.4. The molecule has 0 fully saturated rings. The molecule has 0 aliphatic carbocycles. The van der Waals surface area contributed by atoms with Gasteiger partial charge >= 0.3 is 0 Å². The van der Waals surface area contributed by atoms with Crippen molar-refractivity contribution in [2.45, 2.75) is 25.9 Å². The van der Waals surface area contributed by atoms with E-state index in [0.717, 1.165) is 40.4 Å². The van der Waals surface area contributed by atoms with E-state index in [1.165, 1.54) is 10.6 Å². The van der Waals surface area contributed by atoms with Crippen molar-refractivity contribution in [2.75, 3.05) is 33.3 Å². The Balaban J connectivity index is 1.59. The van der Waals surface area contributed by atoms with Gasteiger partial charge in [-0.3, -0.25) is 4.79 Å². The van der Waals surface area contributed by atoms with Crippen molar-refractivity contribution < 1.29 is 19.0 Å². The van der Waals surface area contributed by atoms with Gasteiger partial charge in [0.15, 0.2) is 11.5 Å². The van der Waals surface area contributed by atoms with Crippen LogP contribution in [0.15, 0.2) is 77.9 Å². The second-order valence-electron chi connectivity index (χ2n) is 9.58. The van der Waals surface area contributed by atoms with E-state index < -0.39 is 0 Å². The molecule has 40 heavy (non-hydrogen) atoms. The molecule has 2 heterocycles. The number of aryl methyl sites for hydroxylation is 1. The third kappa shape index (κ3) is 4.98. The maximum Gasteiger partial charge on any atom is 0.230 e. The van der Waals surface area contributed by atoms with Crippen LogP contribution in [0.2, 0.25) is 0 Å². The molecule has 1 aromatic heterocycles. The minimum absolute atomic E-state index is 0.350. The van der Waals surface area contributed by atoms with E-state index in [0.29, 0.717) is 30.2 Å². The number of hydrogen-bond acceptors (Lipinski definition) is 7. The van der Waals surface area contributed by atoms with E-state index in [1.807, 2.05) is 79.3 Å². The molecule has 1 aliphatic rings. The van der Waals surface area contributed by atoms with Crippen LogP contribution in [0.25, 0.3) is 5.69 Å². The minimum atomic E-state index is -0.350. The summed E-state index contributed by atoms with van der Waals surface area (Å²) in [6.45, 7) is 2.65. The predicted molar refractivity (Wildman–Crippen MR) is 155 cm³/mol. The summed E-state index contributed by atoms with van der Waals surface area (Å²) >= 11 is 0. The summed E-state index contributed by atoms with van der Waals surface area (Å²) < 4.78 is 18.6. The van der Waals surface area contributed by atoms with E-state index >= 15 is 0 Å². The van der Waals surface area contributed by atoms with Gasteiger partial charge in [0.1, 0.15) is 5.82 Å². The molecule has 9 heteroatoms. The van der Waals surface area contributed by atoms with Gasteiger partial charge in [0.2, 0.25) is 12.2 Å². The number of hydrazone groups is 1. The van der Waals surface area contributed by atoms with Crippen LogP contribution in [0.4, 0.5) is 5.82 Å². The molecule has 0 saturated carbocycles. The Morgan fingerprint density at radius 1 is 0.950 bits per heavy atom. The number of anilines is 1. The number of carbonyl (C=O) groups excluding carboxylic acids is 1. The van der Waals surface area contributed by atoms with Crippen molar-refractivity contribution >= 4 is 17.9 Å². The summed E-state index contributed by atoms with van der Waals surface area (Å²) in [4.78, 5) is 14.6. The number of methoxy groups -OCH3 is 3. The highest BCUT2D eigenvalue weighted by atomic mass is 16.5. The van der Waals surface area contributed by atoms with Crippen molar-refractivity contribution in [1.29, 1.82) is 0 Å². The van der Waals surface area contributed by atoms with E-state index in [9.17, 15) is 4.79 Å². The van der Waals surface area contributed by atoms with Crippen molar-refractivity contribution in [3.8, 4) is 22.9 Å². The zero-order chi connectivity index (χ0) is 28.2. The number of nitrogens with zero attached hydrogens (tertiary/aromatic N) is 5. The fraction of sp³-hybridized carbons (Fsp3) is 0.258. The van der Waals surface area contributed by atoms with Gasteiger partial charge < -0.3 is 19.1 Å². The van der Waals surface area contributed by atoms with Crippen molar-refractivity contribution in [2.24, 2.45) is 5.10 Å². The molecule has 1 atom stereocenters. The van der Waals surface area contributed by atoms with Crippen LogP contribution >= 0.6 is 0 Å². The molecule has 0 N–H and O–H groups in total. The Morgan fingerprint density at radius 3 is 2.15 bits per heavy atom. The van der Waals surface area contributed by atoms with Crippen LogP contribution in [0, 0.1) is 6.92 Å². The summed E-state index contributed by atoms with van der Waals surface area (Å²) in [5, 5.41) is 11.2. The van der Waals surface area contributed by atoms with Gasteiger partial charge in [-0.2, -0.15) is 10.2 Å². The SMILES string of the molecule is COc1cc(C2=NN(C=O)C(c3c(C)nn(-c4ccccc4)c3N(C)Cc3ccccc3)C2)cc(OC)c1OC. The molecule has 5 rings (SSSR count). The maximum absolute atomic E-state index is 12.4. The second-order valence-corrected chi connectivity index (χ2v) is 9.58. The lowest BCUT2D eigenvalue weighted by atomic mass is 9.97. The lowest BCUT2D eigenvalue weighted by molar-refractivity contribution is -0.119. The van der Waals surface area contributed by atoms with E-state index in [1.54, 1.807) is 21.3 Å². The zero-order valence-corrected chi connectivity index (χ0v) is 23.4. The van der Waals surface area contributed by atoms with Gasteiger partial charge in [0.25, 0.3) is 0 Å². The van der Waals surface area contributed by atoms with E-state index in [2.05, 4.69) is 17.0 Å². The molecule has 1 amide bonds. The smallest absolute Gasteiger partial charge is 0.230 e. The molecular formula is C31H33N5O4. The second kappa shape index (κ2) is 11.5. The van der Waals surface area contributed by atoms with Crippen LogP contribution in [0.1, 0.15) is 34.8 Å². The first-order valence-electron chi connectivity index (χ1n) is 13.0. The Bertz CT molecular complexity index is 1490. The number of carbonyl (C=O) groups is 1. The summed E-state index contributed by atoms with van der Waals surface area (Å²) in [6.07, 6.45) is 1.26. The lowest BCUT2D eigenvalue weighted by Crippen LogP contribution is -2.25. The first-order chi connectivity index (χ1) is 19.5. The monoisotopic (exact) mass is 539 g/mol. The first kappa shape index (κ1) is 26.8. The molecule has 0 spiro atoms. The third-order valence-electron chi connectivity index (χ3n) is 7.09. The van der Waals surface area contributed by atoms with E-state index in [4.69, 9.17) is 24.4 Å². The Hall–Kier alpha value is -4.79. The van der Waals surface area contributed by atoms with Gasteiger partial charge in [0.05, 0.1) is 44.5 Å². The molecule has 1 aliphatic heterocycles. The van der Waals surface area contributed by atoms with Crippen LogP contribution in [0.3, 0.4) is 0 Å². The number of aromatic nitrogens is 2. The Kier molecular flexibility index (Phi) is 7.72. The lowest BCUT2D eigenvalue weighted by Gasteiger charge is -2.26. The number of benzene rings is 3. The summed E-state index contributed by atoms with van der Waals surface area (Å²) in [5.41, 5.74) is 5.41. The summed E-state index contributed by atoms with van der Waals surface area (Å²) in [5.74, 6) is 2.46. The molecule has 3 aromatic carbocycles. The highest BCUT2D eigenvalue weighted by Gasteiger charge is 2.36. The number of para-hydroxylation sites is 1. The zero-order valence-electron chi connectivity index (χ0n) is 23.4. The standard InChI is InChI=1S/C31H33N5O4/c1-21-29(26-18-25(33-35(26)20-37)23-16-27(38-3)30(40-5)28(17-23)39-4)31(34(2)19-22-12-8-6-9-13-22)36(32-21)24-14-10-7-11-15-24/h6-17,20,26H,18-19H2,1-5H3. The van der Waals surface area contributed by atoms with E-state index in [-0.39, 0.29) is 6.04 Å². The van der Waals surface area contributed by atoms with Gasteiger partial charge in [0, 0.05) is 31.1 Å². The highest BCUT2D eigenvalue weighted by molar-refractivity contribution is 6.03. The van der Waals surface area contributed by atoms with Gasteiger partial charge in [-0.05, 0) is 36.8 Å². The molecule has 1 unspecified atom stereocenters. The number of ether oxygens (including phenoxy) is 3. The van der Waals surface area contributed by atoms with Crippen LogP contribution < -0.4 is 19.1 Å². The minimum Gasteiger partial charge on any atom is -0.493 e. The molecular weight excluding hydrogens is 506 g/mol. The van der Waals surface area contributed by atoms with Crippen LogP contribution in [-0.4, -0.2) is 55.3 Å². The molecule has 4 aromatic rings. The number of amides is 1. The first-order valence-corrected chi connectivity index (χ1v) is 13.0. The average molecular weight is 540 g/mol. The highest BCUT2D eigenvalue weighted by Crippen LogP contribution is 2.43. The topological polar surface area (TPSA) is 81.4 Å². The predicted octanol–water partition coefficient (Wildman–Crippen LogP) is 5.15. The molecule has 0 bridgehead atoms. The quantitative estimate of drug-likeness (QED) is 0.259. The fourth-order valence-corrected chi connectivity index (χ4v) is 5.25. The number of hydrogen-bond donors (Lipinski definition) is 0. The van der Waals surface area contributed by atoms with Crippen LogP contribution in [-0.2, 0) is 11.3 Å². The third-order valence-corrected chi connectivity index (χ3v) is 7.09. The normalized spacial score (nSPS) is 14.6. The van der Waals surface area contributed by atoms with Crippen molar-refractivity contribution in [3.05, 3.63) is 95.2 Å². The van der Waals surface area contributed by atoms with Gasteiger partial charge in [-0.15, -0.1) is 0 Å². The summed E-state index contributed by atoms with van der Waals surface area (Å²) in [7, 11) is 6.77. The largest absolute Gasteiger partial charge is 0.493 e. The molecule has 0 radical (unpaired) electrons. The Labute approximate surface area is 234 Å². The summed E-state index contributed by atoms with van der Waals surface area (Å²) in [6, 6.07) is 23.7. The van der Waals surface area contributed by atoms with Gasteiger partial charge in [-0.25, -0.2) is 9.69 Å².